The summed E-state index contributed by atoms with van der Waals surface area (Å²) in [6.45, 7) is 1.69. The van der Waals surface area contributed by atoms with Crippen molar-refractivity contribution >= 4 is 9.24 Å². The summed E-state index contributed by atoms with van der Waals surface area (Å²) in [4.78, 5) is 4.08. The van der Waals surface area contributed by atoms with Gasteiger partial charge in [-0.25, -0.2) is 9.37 Å². The van der Waals surface area contributed by atoms with Crippen LogP contribution >= 0.6 is 9.24 Å². The Morgan fingerprint density at radius 1 is 1.60 bits per heavy atom. The molecule has 80 valence electrons. The summed E-state index contributed by atoms with van der Waals surface area (Å²) in [7, 11) is 3.85. The van der Waals surface area contributed by atoms with Gasteiger partial charge in [0.2, 0.25) is 5.89 Å². The van der Waals surface area contributed by atoms with Crippen LogP contribution in [0.15, 0.2) is 16.8 Å². The molecule has 2 heterocycles. The van der Waals surface area contributed by atoms with Crippen LogP contribution in [0.25, 0.3) is 11.5 Å². The van der Waals surface area contributed by atoms with Gasteiger partial charge in [0.1, 0.15) is 11.5 Å². The summed E-state index contributed by atoms with van der Waals surface area (Å²) in [5, 5.41) is 3.99. The van der Waals surface area contributed by atoms with Gasteiger partial charge in [-0.1, -0.05) is 9.24 Å². The molecule has 0 saturated carbocycles. The molecule has 4 nitrogen and oxygen atoms in total. The highest BCUT2D eigenvalue weighted by Gasteiger charge is 2.16. The topological polar surface area (TPSA) is 43.9 Å². The number of alkyl halides is 1. The first-order chi connectivity index (χ1) is 7.08. The van der Waals surface area contributed by atoms with Crippen molar-refractivity contribution in [1.29, 1.82) is 0 Å². The Hall–Kier alpha value is -1.22. The summed E-state index contributed by atoms with van der Waals surface area (Å²) < 4.78 is 20.0. The fraction of sp³-hybridized carbons (Fsp3) is 0.333. The molecule has 2 rings (SSSR count). The molecule has 0 saturated heterocycles. The molecule has 2 aromatic heterocycles. The lowest BCUT2D eigenvalue weighted by Crippen LogP contribution is -1.85. The molecule has 0 aliphatic heterocycles. The minimum atomic E-state index is -1.20. The number of nitrogens with zero attached hydrogens (tertiary/aromatic N) is 3. The highest BCUT2D eigenvalue weighted by atomic mass is 31.0. The number of hydrogen-bond donors (Lipinski definition) is 0. The molecule has 0 bridgehead atoms. The Morgan fingerprint density at radius 3 is 2.80 bits per heavy atom. The third-order valence-electron chi connectivity index (χ3n) is 2.05. The summed E-state index contributed by atoms with van der Waals surface area (Å²) in [5.41, 5.74) is 1.07. The number of aryl methyl sites for hydroxylation is 2. The maximum atomic E-state index is 13.0. The predicted molar refractivity (Wildman–Crippen MR) is 57.0 cm³/mol. The predicted octanol–water partition coefficient (Wildman–Crippen LogP) is 2.23. The van der Waals surface area contributed by atoms with E-state index >= 15 is 0 Å². The quantitative estimate of drug-likeness (QED) is 0.739. The van der Waals surface area contributed by atoms with Crippen LogP contribution in [0, 0.1) is 6.92 Å². The zero-order valence-electron chi connectivity index (χ0n) is 8.44. The SMILES string of the molecule is Cc1oc(-c2cnn(C)c2)nc1C(F)P. The normalized spacial score (nSPS) is 13.1. The van der Waals surface area contributed by atoms with Gasteiger partial charge < -0.3 is 4.42 Å². The summed E-state index contributed by atoms with van der Waals surface area (Å²) in [6, 6.07) is 0. The lowest BCUT2D eigenvalue weighted by Gasteiger charge is -1.93. The minimum absolute atomic E-state index is 0.318. The van der Waals surface area contributed by atoms with E-state index < -0.39 is 5.91 Å². The molecule has 0 aliphatic rings. The molecule has 2 aromatic rings. The van der Waals surface area contributed by atoms with Gasteiger partial charge in [-0.3, -0.25) is 4.68 Å². The fourth-order valence-corrected chi connectivity index (χ4v) is 1.63. The average molecular weight is 227 g/mol. The second-order valence-electron chi connectivity index (χ2n) is 3.26. The van der Waals surface area contributed by atoms with E-state index in [-0.39, 0.29) is 0 Å². The van der Waals surface area contributed by atoms with E-state index in [0.29, 0.717) is 17.3 Å². The molecule has 2 unspecified atom stereocenters. The zero-order chi connectivity index (χ0) is 11.0. The molecule has 15 heavy (non-hydrogen) atoms. The van der Waals surface area contributed by atoms with E-state index in [1.54, 1.807) is 31.0 Å². The number of hydrogen-bond acceptors (Lipinski definition) is 3. The Bertz CT molecular complexity index is 477. The number of rotatable bonds is 2. The highest BCUT2D eigenvalue weighted by Crippen LogP contribution is 2.30. The van der Waals surface area contributed by atoms with Gasteiger partial charge in [0.25, 0.3) is 0 Å². The first kappa shape index (κ1) is 10.3. The standard InChI is InChI=1S/C9H11FN3OP/c1-5-7(8(10)15)12-9(14-5)6-3-11-13(2)4-6/h3-4,8H,15H2,1-2H3. The first-order valence-electron chi connectivity index (χ1n) is 4.44. The van der Waals surface area contributed by atoms with Crippen molar-refractivity contribution in [3.8, 4) is 11.5 Å². The maximum Gasteiger partial charge on any atom is 0.229 e. The molecule has 2 atom stereocenters. The molecule has 0 N–H and O–H groups in total. The van der Waals surface area contributed by atoms with Gasteiger partial charge >= 0.3 is 0 Å². The van der Waals surface area contributed by atoms with Gasteiger partial charge in [0.05, 0.1) is 11.8 Å². The number of oxazole rings is 1. The Balaban J connectivity index is 2.42. The molecular weight excluding hydrogens is 216 g/mol. The van der Waals surface area contributed by atoms with Crippen molar-refractivity contribution < 1.29 is 8.81 Å². The van der Waals surface area contributed by atoms with Crippen molar-refractivity contribution in [3.05, 3.63) is 23.8 Å². The average Bonchev–Trinajstić information content (AvgIpc) is 2.71. The molecule has 0 spiro atoms. The van der Waals surface area contributed by atoms with Crippen molar-refractivity contribution in [2.75, 3.05) is 0 Å². The molecule has 0 aromatic carbocycles. The summed E-state index contributed by atoms with van der Waals surface area (Å²) in [6.07, 6.45) is 3.40. The number of halogens is 1. The Labute approximate surface area is 88.7 Å². The second-order valence-corrected chi connectivity index (χ2v) is 3.85. The number of aromatic nitrogens is 3. The summed E-state index contributed by atoms with van der Waals surface area (Å²) in [5.74, 6) is -0.295. The van der Waals surface area contributed by atoms with E-state index in [1.165, 1.54) is 0 Å². The van der Waals surface area contributed by atoms with Gasteiger partial charge in [0.15, 0.2) is 5.91 Å². The largest absolute Gasteiger partial charge is 0.441 e. The van der Waals surface area contributed by atoms with E-state index in [9.17, 15) is 4.39 Å². The van der Waals surface area contributed by atoms with Gasteiger partial charge in [-0.15, -0.1) is 0 Å². The van der Waals surface area contributed by atoms with Crippen LogP contribution in [-0.4, -0.2) is 14.8 Å². The molecule has 0 radical (unpaired) electrons. The van der Waals surface area contributed by atoms with Gasteiger partial charge in [-0.05, 0) is 6.92 Å². The third-order valence-corrected chi connectivity index (χ3v) is 2.36. The molecule has 6 heteroatoms. The van der Waals surface area contributed by atoms with Crippen LogP contribution < -0.4 is 0 Å². The Morgan fingerprint density at radius 2 is 2.33 bits per heavy atom. The van der Waals surface area contributed by atoms with Crippen LogP contribution in [0.1, 0.15) is 17.4 Å². The molecular formula is C9H11FN3OP. The van der Waals surface area contributed by atoms with Crippen molar-refractivity contribution in [1.82, 2.24) is 14.8 Å². The first-order valence-corrected chi connectivity index (χ1v) is 5.10. The maximum absolute atomic E-state index is 13.0. The fourth-order valence-electron chi connectivity index (χ4n) is 1.32. The van der Waals surface area contributed by atoms with Gasteiger partial charge in [-0.2, -0.15) is 5.10 Å². The molecule has 0 amide bonds. The second kappa shape index (κ2) is 3.74. The van der Waals surface area contributed by atoms with E-state index in [0.717, 1.165) is 5.56 Å². The van der Waals surface area contributed by atoms with E-state index in [4.69, 9.17) is 4.42 Å². The Kier molecular flexibility index (Phi) is 2.57. The van der Waals surface area contributed by atoms with Crippen molar-refractivity contribution in [2.45, 2.75) is 12.8 Å². The van der Waals surface area contributed by atoms with Crippen molar-refractivity contribution in [3.63, 3.8) is 0 Å². The lowest BCUT2D eigenvalue weighted by molar-refractivity contribution is 0.451. The smallest absolute Gasteiger partial charge is 0.229 e. The molecule has 0 aliphatic carbocycles. The zero-order valence-corrected chi connectivity index (χ0v) is 9.59. The van der Waals surface area contributed by atoms with Crippen LogP contribution in [0.4, 0.5) is 4.39 Å². The van der Waals surface area contributed by atoms with Crippen LogP contribution in [0.5, 0.6) is 0 Å². The van der Waals surface area contributed by atoms with Crippen molar-refractivity contribution in [2.24, 2.45) is 7.05 Å². The van der Waals surface area contributed by atoms with E-state index in [2.05, 4.69) is 19.3 Å². The van der Waals surface area contributed by atoms with E-state index in [1.807, 2.05) is 0 Å². The van der Waals surface area contributed by atoms with Crippen LogP contribution in [0.3, 0.4) is 0 Å². The molecule has 0 fully saturated rings. The van der Waals surface area contributed by atoms with Crippen LogP contribution in [0.2, 0.25) is 0 Å². The monoisotopic (exact) mass is 227 g/mol. The highest BCUT2D eigenvalue weighted by molar-refractivity contribution is 7.16. The summed E-state index contributed by atoms with van der Waals surface area (Å²) >= 11 is 0. The minimum Gasteiger partial charge on any atom is -0.441 e. The lowest BCUT2D eigenvalue weighted by atomic mass is 10.3. The van der Waals surface area contributed by atoms with Gasteiger partial charge in [0, 0.05) is 13.2 Å². The third kappa shape index (κ3) is 1.92. The van der Waals surface area contributed by atoms with Crippen LogP contribution in [-0.2, 0) is 7.05 Å².